The average Bonchev–Trinajstić information content (AvgIpc) is 3.45. The van der Waals surface area contributed by atoms with E-state index in [2.05, 4.69) is 53.5 Å². The van der Waals surface area contributed by atoms with Gasteiger partial charge in [0.25, 0.3) is 0 Å². The van der Waals surface area contributed by atoms with Gasteiger partial charge in [0.15, 0.2) is 12.0 Å². The maximum absolute atomic E-state index is 10.6. The van der Waals surface area contributed by atoms with Crippen LogP contribution in [0.25, 0.3) is 10.4 Å². The minimum Gasteiger partial charge on any atom is -0.489 e. The number of anilines is 2. The fourth-order valence-corrected chi connectivity index (χ4v) is 4.60. The van der Waals surface area contributed by atoms with Crippen molar-refractivity contribution < 1.29 is 9.84 Å². The van der Waals surface area contributed by atoms with Crippen LogP contribution in [0.2, 0.25) is 0 Å². The van der Waals surface area contributed by atoms with Gasteiger partial charge in [0.1, 0.15) is 0 Å². The number of hydrogen-bond acceptors (Lipinski definition) is 6. The van der Waals surface area contributed by atoms with Gasteiger partial charge in [0, 0.05) is 40.9 Å². The van der Waals surface area contributed by atoms with Gasteiger partial charge < -0.3 is 25.0 Å². The molecule has 1 aromatic heterocycles. The lowest BCUT2D eigenvalue weighted by Crippen LogP contribution is -2.31. The van der Waals surface area contributed by atoms with Gasteiger partial charge in [-0.3, -0.25) is 0 Å². The van der Waals surface area contributed by atoms with Gasteiger partial charge in [-0.05, 0) is 75.1 Å². The number of benzene rings is 1. The Morgan fingerprint density at radius 3 is 2.57 bits per heavy atom. The second-order valence-electron chi connectivity index (χ2n) is 7.71. The van der Waals surface area contributed by atoms with Gasteiger partial charge in [-0.25, -0.2) is 0 Å². The molecule has 30 heavy (non-hydrogen) atoms. The molecule has 1 fully saturated rings. The Hall–Kier alpha value is -2.72. The zero-order valence-electron chi connectivity index (χ0n) is 17.6. The molecule has 2 aromatic carbocycles. The van der Waals surface area contributed by atoms with E-state index >= 15 is 0 Å². The van der Waals surface area contributed by atoms with Crippen molar-refractivity contribution in [3.63, 3.8) is 0 Å². The normalized spacial score (nSPS) is 17.1. The van der Waals surface area contributed by atoms with E-state index < -0.39 is 6.23 Å². The van der Waals surface area contributed by atoms with Gasteiger partial charge in [-0.2, -0.15) is 0 Å². The largest absolute Gasteiger partial charge is 0.489 e. The first-order valence-corrected chi connectivity index (χ1v) is 10.9. The van der Waals surface area contributed by atoms with Gasteiger partial charge in [0.2, 0.25) is 0 Å². The molecular weight excluding hydrogens is 394 g/mol. The van der Waals surface area contributed by atoms with Gasteiger partial charge in [-0.15, -0.1) is 11.3 Å². The Kier molecular flexibility index (Phi) is 6.14. The van der Waals surface area contributed by atoms with Crippen LogP contribution in [-0.4, -0.2) is 50.3 Å². The van der Waals surface area contributed by atoms with Crippen molar-refractivity contribution in [1.29, 1.82) is 0 Å². The molecule has 2 atom stereocenters. The molecule has 6 heteroatoms. The molecule has 156 valence electrons. The second-order valence-corrected chi connectivity index (χ2v) is 8.83. The smallest absolute Gasteiger partial charge is 0.169 e. The molecule has 0 amide bonds. The zero-order chi connectivity index (χ0) is 21.1. The number of methoxy groups -OCH3 is 1. The first kappa shape index (κ1) is 20.5. The molecule has 4 rings (SSSR count). The summed E-state index contributed by atoms with van der Waals surface area (Å²) in [5.74, 6) is 0.659. The van der Waals surface area contributed by atoms with E-state index in [-0.39, 0.29) is 0 Å². The van der Waals surface area contributed by atoms with Crippen LogP contribution in [0.4, 0.5) is 11.4 Å². The highest BCUT2D eigenvalue weighted by atomic mass is 32.1. The van der Waals surface area contributed by atoms with Crippen molar-refractivity contribution in [3.8, 4) is 16.2 Å². The predicted molar refractivity (Wildman–Crippen MR) is 123 cm³/mol. The summed E-state index contributed by atoms with van der Waals surface area (Å²) >= 11 is 1.54. The third kappa shape index (κ3) is 4.54. The first-order valence-electron chi connectivity index (χ1n) is 10.1. The van der Waals surface area contributed by atoms with Crippen LogP contribution >= 0.6 is 11.3 Å². The Morgan fingerprint density at radius 2 is 1.93 bits per heavy atom. The molecule has 0 spiro atoms. The van der Waals surface area contributed by atoms with E-state index in [1.807, 2.05) is 36.4 Å². The molecular formula is C24H27N3O2S. The fraction of sp³-hybridized carbons (Fsp3) is 0.333. The Bertz CT molecular complexity index is 953. The highest BCUT2D eigenvalue weighted by Crippen LogP contribution is 2.32. The van der Waals surface area contributed by atoms with Crippen molar-refractivity contribution in [2.75, 3.05) is 44.5 Å². The molecule has 0 aliphatic carbocycles. The van der Waals surface area contributed by atoms with Crippen LogP contribution in [0.1, 0.15) is 17.5 Å². The van der Waals surface area contributed by atoms with E-state index in [1.165, 1.54) is 23.4 Å². The SMILES string of the molecule is COc1c#cc(-c2ccc(C(O)Nc3ccc(N4CCC(N(C)C)C4)cc3)s2)cc1. The van der Waals surface area contributed by atoms with Crippen LogP contribution in [0, 0.1) is 12.1 Å². The molecule has 1 saturated heterocycles. The number of ether oxygens (including phenoxy) is 1. The highest BCUT2D eigenvalue weighted by molar-refractivity contribution is 7.15. The molecule has 3 aromatic rings. The topological polar surface area (TPSA) is 48.0 Å². The van der Waals surface area contributed by atoms with Gasteiger partial charge >= 0.3 is 0 Å². The van der Waals surface area contributed by atoms with Crippen LogP contribution in [-0.2, 0) is 0 Å². The predicted octanol–water partition coefficient (Wildman–Crippen LogP) is 4.27. The molecule has 0 saturated carbocycles. The lowest BCUT2D eigenvalue weighted by atomic mass is 10.2. The summed E-state index contributed by atoms with van der Waals surface area (Å²) in [7, 11) is 5.90. The molecule has 1 aliphatic rings. The van der Waals surface area contributed by atoms with E-state index in [0.717, 1.165) is 34.1 Å². The second kappa shape index (κ2) is 8.97. The highest BCUT2D eigenvalue weighted by Gasteiger charge is 2.24. The molecule has 2 unspecified atom stereocenters. The Balaban J connectivity index is 1.38. The third-order valence-electron chi connectivity index (χ3n) is 5.53. The summed E-state index contributed by atoms with van der Waals surface area (Å²) in [6.07, 6.45) is 0.428. The van der Waals surface area contributed by atoms with Crippen molar-refractivity contribution in [2.24, 2.45) is 0 Å². The quantitative estimate of drug-likeness (QED) is 0.558. The number of likely N-dealkylation sites (N-methyl/N-ethyl adjacent to an activating group) is 1. The summed E-state index contributed by atoms with van der Waals surface area (Å²) in [5.41, 5.74) is 3.06. The van der Waals surface area contributed by atoms with Gasteiger partial charge in [0.05, 0.1) is 12.0 Å². The fourth-order valence-electron chi connectivity index (χ4n) is 3.67. The van der Waals surface area contributed by atoms with E-state index in [9.17, 15) is 5.11 Å². The van der Waals surface area contributed by atoms with E-state index in [0.29, 0.717) is 11.8 Å². The number of hydrogen-bond donors (Lipinski definition) is 2. The monoisotopic (exact) mass is 421 g/mol. The van der Waals surface area contributed by atoms with Crippen molar-refractivity contribution >= 4 is 22.7 Å². The van der Waals surface area contributed by atoms with E-state index in [1.54, 1.807) is 7.11 Å². The maximum Gasteiger partial charge on any atom is 0.169 e. The summed E-state index contributed by atoms with van der Waals surface area (Å²) in [6, 6.07) is 22.7. The molecule has 0 radical (unpaired) electrons. The third-order valence-corrected chi connectivity index (χ3v) is 6.70. The van der Waals surface area contributed by atoms with Gasteiger partial charge in [-0.1, -0.05) is 6.07 Å². The number of aliphatic hydroxyl groups is 1. The van der Waals surface area contributed by atoms with Crippen molar-refractivity contribution in [3.05, 3.63) is 65.5 Å². The zero-order valence-corrected chi connectivity index (χ0v) is 18.4. The summed E-state index contributed by atoms with van der Waals surface area (Å²) in [6.45, 7) is 2.14. The number of nitrogens with zero attached hydrogens (tertiary/aromatic N) is 2. The number of rotatable bonds is 7. The number of aliphatic hydroxyl groups excluding tert-OH is 1. The first-order chi connectivity index (χ1) is 14.5. The lowest BCUT2D eigenvalue weighted by molar-refractivity contribution is 0.212. The van der Waals surface area contributed by atoms with Crippen LogP contribution < -0.4 is 15.0 Å². The minimum absolute atomic E-state index is 0.609. The van der Waals surface area contributed by atoms with E-state index in [4.69, 9.17) is 4.74 Å². The van der Waals surface area contributed by atoms with Crippen LogP contribution in [0.3, 0.4) is 0 Å². The molecule has 0 bridgehead atoms. The number of nitrogens with one attached hydrogen (secondary N) is 1. The molecule has 2 heterocycles. The maximum atomic E-state index is 10.6. The standard InChI is InChI=1S/C24H27N3O2S/c1-26(2)20-14-15-27(16-20)19-8-6-18(7-9-19)25-24(28)23-13-12-22(30-23)17-4-10-21(29-3)11-5-17/h4,6-10,12-13,20,24-25,28H,14-16H2,1-3H3. The molecule has 2 N–H and O–H groups in total. The Labute approximate surface area is 182 Å². The number of thiophene rings is 1. The molecule has 5 nitrogen and oxygen atoms in total. The summed E-state index contributed by atoms with van der Waals surface area (Å²) in [5, 5.41) is 13.8. The van der Waals surface area contributed by atoms with Crippen molar-refractivity contribution in [2.45, 2.75) is 18.7 Å². The summed E-state index contributed by atoms with van der Waals surface area (Å²) in [4.78, 5) is 6.60. The minimum atomic E-state index is -0.762. The van der Waals surface area contributed by atoms with Crippen LogP contribution in [0.15, 0.2) is 48.5 Å². The Morgan fingerprint density at radius 1 is 1.13 bits per heavy atom. The van der Waals surface area contributed by atoms with Crippen LogP contribution in [0.5, 0.6) is 5.75 Å². The summed E-state index contributed by atoms with van der Waals surface area (Å²) < 4.78 is 5.13. The molecule has 1 aliphatic heterocycles. The lowest BCUT2D eigenvalue weighted by Gasteiger charge is -2.22. The van der Waals surface area contributed by atoms with Crippen molar-refractivity contribution in [1.82, 2.24) is 4.90 Å². The average molecular weight is 422 g/mol.